The number of ether oxygens (including phenoxy) is 1. The van der Waals surface area contributed by atoms with Gasteiger partial charge in [-0.15, -0.1) is 0 Å². The number of hydrogen-bond donors (Lipinski definition) is 2. The van der Waals surface area contributed by atoms with Gasteiger partial charge >= 0.3 is 0 Å². The first-order valence-electron chi connectivity index (χ1n) is 3.50. The van der Waals surface area contributed by atoms with Crippen LogP contribution in [0.3, 0.4) is 0 Å². The second-order valence-corrected chi connectivity index (χ2v) is 2.39. The summed E-state index contributed by atoms with van der Waals surface area (Å²) in [6, 6.07) is 3.12. The summed E-state index contributed by atoms with van der Waals surface area (Å²) >= 11 is 0. The maximum atomic E-state index is 12.6. The summed E-state index contributed by atoms with van der Waals surface area (Å²) in [4.78, 5) is 0. The summed E-state index contributed by atoms with van der Waals surface area (Å²) in [6.07, 6.45) is 0. The predicted octanol–water partition coefficient (Wildman–Crippen LogP) is 1.28. The van der Waals surface area contributed by atoms with Gasteiger partial charge in [0.2, 0.25) is 0 Å². The van der Waals surface area contributed by atoms with Crippen LogP contribution in [0.5, 0.6) is 5.75 Å². The van der Waals surface area contributed by atoms with Crippen molar-refractivity contribution in [3.63, 3.8) is 0 Å². The molecule has 5 heteroatoms. The van der Waals surface area contributed by atoms with E-state index >= 15 is 0 Å². The molecule has 0 amide bonds. The number of rotatable bonds is 3. The van der Waals surface area contributed by atoms with Crippen LogP contribution < -0.4 is 10.5 Å². The van der Waals surface area contributed by atoms with Crippen molar-refractivity contribution in [3.8, 4) is 5.75 Å². The van der Waals surface area contributed by atoms with Crippen LogP contribution in [0.15, 0.2) is 18.2 Å². The Hall–Kier alpha value is -1.65. The predicted molar refractivity (Wildman–Crippen MR) is 43.8 cm³/mol. The number of nitrogens with two attached hydrogens (primary N) is 1. The summed E-state index contributed by atoms with van der Waals surface area (Å²) in [6.45, 7) is -0.134. The van der Waals surface area contributed by atoms with E-state index in [4.69, 9.17) is 15.9 Å². The first kappa shape index (κ1) is 9.44. The maximum Gasteiger partial charge on any atom is 0.162 e. The van der Waals surface area contributed by atoms with Gasteiger partial charge in [0.15, 0.2) is 11.6 Å². The lowest BCUT2D eigenvalue weighted by Crippen LogP contribution is -2.19. The number of amidine groups is 1. The Morgan fingerprint density at radius 1 is 1.38 bits per heavy atom. The molecule has 0 aliphatic rings. The molecule has 0 spiro atoms. The van der Waals surface area contributed by atoms with Crippen LogP contribution in [-0.2, 0) is 0 Å². The Balaban J connectivity index is 2.68. The van der Waals surface area contributed by atoms with Gasteiger partial charge in [-0.3, -0.25) is 5.41 Å². The van der Waals surface area contributed by atoms with E-state index in [-0.39, 0.29) is 18.2 Å². The molecule has 0 atom stereocenters. The van der Waals surface area contributed by atoms with E-state index in [0.717, 1.165) is 12.1 Å². The van der Waals surface area contributed by atoms with Gasteiger partial charge in [-0.2, -0.15) is 0 Å². The van der Waals surface area contributed by atoms with Crippen LogP contribution in [0.25, 0.3) is 0 Å². The fourth-order valence-electron chi connectivity index (χ4n) is 0.728. The third-order valence-electron chi connectivity index (χ3n) is 1.29. The minimum absolute atomic E-state index is 0.134. The summed E-state index contributed by atoms with van der Waals surface area (Å²) in [5.41, 5.74) is 5.00. The molecular formula is C8H8F2N2O. The molecular weight excluding hydrogens is 178 g/mol. The first-order valence-corrected chi connectivity index (χ1v) is 3.50. The van der Waals surface area contributed by atoms with Gasteiger partial charge < -0.3 is 10.5 Å². The Kier molecular flexibility index (Phi) is 2.79. The van der Waals surface area contributed by atoms with Crippen LogP contribution in [-0.4, -0.2) is 12.4 Å². The van der Waals surface area contributed by atoms with Crippen molar-refractivity contribution in [1.29, 1.82) is 5.41 Å². The van der Waals surface area contributed by atoms with E-state index in [1.165, 1.54) is 6.07 Å². The van der Waals surface area contributed by atoms with Crippen molar-refractivity contribution in [2.24, 2.45) is 5.73 Å². The van der Waals surface area contributed by atoms with Gasteiger partial charge in [-0.05, 0) is 12.1 Å². The highest BCUT2D eigenvalue weighted by atomic mass is 19.2. The Bertz CT molecular complexity index is 328. The third-order valence-corrected chi connectivity index (χ3v) is 1.29. The molecule has 0 aliphatic heterocycles. The van der Waals surface area contributed by atoms with Crippen LogP contribution in [0.2, 0.25) is 0 Å². The summed E-state index contributed by atoms with van der Waals surface area (Å²) in [5, 5.41) is 6.82. The highest BCUT2D eigenvalue weighted by molar-refractivity contribution is 5.78. The molecule has 0 fully saturated rings. The summed E-state index contributed by atoms with van der Waals surface area (Å²) in [7, 11) is 0. The minimum atomic E-state index is -0.985. The smallest absolute Gasteiger partial charge is 0.162 e. The molecule has 0 aromatic heterocycles. The number of halogens is 2. The van der Waals surface area contributed by atoms with E-state index in [1.54, 1.807) is 0 Å². The standard InChI is InChI=1S/C8H8F2N2O/c9-6-2-1-5(3-7(6)10)13-4-8(11)12/h1-3H,4H2,(H3,11,12). The molecule has 0 saturated heterocycles. The van der Waals surface area contributed by atoms with Crippen LogP contribution in [0, 0.1) is 17.0 Å². The fraction of sp³-hybridized carbons (Fsp3) is 0.125. The molecule has 1 aromatic carbocycles. The van der Waals surface area contributed by atoms with E-state index < -0.39 is 11.6 Å². The molecule has 0 unspecified atom stereocenters. The second-order valence-electron chi connectivity index (χ2n) is 2.39. The third kappa shape index (κ3) is 2.70. The van der Waals surface area contributed by atoms with Gasteiger partial charge in [0.25, 0.3) is 0 Å². The van der Waals surface area contributed by atoms with E-state index in [9.17, 15) is 8.78 Å². The zero-order valence-corrected chi connectivity index (χ0v) is 6.68. The highest BCUT2D eigenvalue weighted by Gasteiger charge is 2.02. The molecule has 70 valence electrons. The zero-order chi connectivity index (χ0) is 9.84. The van der Waals surface area contributed by atoms with Crippen molar-refractivity contribution in [2.45, 2.75) is 0 Å². The van der Waals surface area contributed by atoms with Crippen molar-refractivity contribution in [1.82, 2.24) is 0 Å². The quantitative estimate of drug-likeness (QED) is 0.551. The number of nitrogens with one attached hydrogen (secondary N) is 1. The Morgan fingerprint density at radius 3 is 2.62 bits per heavy atom. The average molecular weight is 186 g/mol. The molecule has 0 heterocycles. The second kappa shape index (κ2) is 3.84. The average Bonchev–Trinajstić information content (AvgIpc) is 2.07. The fourth-order valence-corrected chi connectivity index (χ4v) is 0.728. The topological polar surface area (TPSA) is 59.1 Å². The lowest BCUT2D eigenvalue weighted by molar-refractivity contribution is 0.369. The lowest BCUT2D eigenvalue weighted by Gasteiger charge is -2.04. The van der Waals surface area contributed by atoms with Crippen molar-refractivity contribution < 1.29 is 13.5 Å². The SMILES string of the molecule is N=C(N)COc1ccc(F)c(F)c1. The van der Waals surface area contributed by atoms with Gasteiger partial charge in [-0.1, -0.05) is 0 Å². The molecule has 1 rings (SSSR count). The van der Waals surface area contributed by atoms with Crippen LogP contribution in [0.4, 0.5) is 8.78 Å². The van der Waals surface area contributed by atoms with E-state index in [1.807, 2.05) is 0 Å². The molecule has 0 aliphatic carbocycles. The number of benzene rings is 1. The summed E-state index contributed by atoms with van der Waals surface area (Å²) in [5.74, 6) is -1.95. The largest absolute Gasteiger partial charge is 0.486 e. The van der Waals surface area contributed by atoms with E-state index in [0.29, 0.717) is 0 Å². The lowest BCUT2D eigenvalue weighted by atomic mass is 10.3. The molecule has 13 heavy (non-hydrogen) atoms. The molecule has 0 bridgehead atoms. The molecule has 0 saturated carbocycles. The molecule has 3 nitrogen and oxygen atoms in total. The van der Waals surface area contributed by atoms with Gasteiger partial charge in [0, 0.05) is 6.07 Å². The zero-order valence-electron chi connectivity index (χ0n) is 6.68. The normalized spacial score (nSPS) is 9.69. The van der Waals surface area contributed by atoms with Gasteiger partial charge in [0.05, 0.1) is 0 Å². The summed E-state index contributed by atoms with van der Waals surface area (Å²) < 4.78 is 29.8. The minimum Gasteiger partial charge on any atom is -0.486 e. The Morgan fingerprint density at radius 2 is 2.08 bits per heavy atom. The van der Waals surface area contributed by atoms with Crippen LogP contribution >= 0.6 is 0 Å². The molecule has 3 N–H and O–H groups in total. The highest BCUT2D eigenvalue weighted by Crippen LogP contribution is 2.14. The van der Waals surface area contributed by atoms with Gasteiger partial charge in [0.1, 0.15) is 18.2 Å². The van der Waals surface area contributed by atoms with Crippen molar-refractivity contribution >= 4 is 5.84 Å². The van der Waals surface area contributed by atoms with E-state index in [2.05, 4.69) is 0 Å². The van der Waals surface area contributed by atoms with Crippen LogP contribution in [0.1, 0.15) is 0 Å². The molecule has 0 radical (unpaired) electrons. The Labute approximate surface area is 73.6 Å². The van der Waals surface area contributed by atoms with Crippen molar-refractivity contribution in [3.05, 3.63) is 29.8 Å². The maximum absolute atomic E-state index is 12.6. The van der Waals surface area contributed by atoms with Crippen molar-refractivity contribution in [2.75, 3.05) is 6.61 Å². The number of hydrogen-bond acceptors (Lipinski definition) is 2. The first-order chi connectivity index (χ1) is 6.09. The molecule has 1 aromatic rings. The monoisotopic (exact) mass is 186 g/mol. The van der Waals surface area contributed by atoms with Gasteiger partial charge in [-0.25, -0.2) is 8.78 Å².